The van der Waals surface area contributed by atoms with Crippen LogP contribution in [0.3, 0.4) is 0 Å². The molecule has 5 heteroatoms. The van der Waals surface area contributed by atoms with Crippen molar-refractivity contribution in [1.29, 1.82) is 0 Å². The number of methoxy groups -OCH3 is 2. The second kappa shape index (κ2) is 6.61. The van der Waals surface area contributed by atoms with Gasteiger partial charge < -0.3 is 20.1 Å². The summed E-state index contributed by atoms with van der Waals surface area (Å²) in [6.07, 6.45) is 0.902. The number of carbonyl (C=O) groups excluding carboxylic acids is 1. The Bertz CT molecular complexity index is 476. The minimum absolute atomic E-state index is 0.0649. The van der Waals surface area contributed by atoms with E-state index in [-0.39, 0.29) is 17.9 Å². The number of hydrogen-bond donors (Lipinski definition) is 2. The van der Waals surface area contributed by atoms with Crippen molar-refractivity contribution >= 4 is 5.91 Å². The number of nitrogens with one attached hydrogen (secondary N) is 2. The molecule has 110 valence electrons. The quantitative estimate of drug-likeness (QED) is 0.853. The number of amides is 1. The average molecular weight is 278 g/mol. The van der Waals surface area contributed by atoms with Gasteiger partial charge in [0.25, 0.3) is 0 Å². The Morgan fingerprint density at radius 1 is 1.35 bits per heavy atom. The normalized spacial score (nSPS) is 21.6. The molecule has 20 heavy (non-hydrogen) atoms. The lowest BCUT2D eigenvalue weighted by Crippen LogP contribution is -2.36. The minimum Gasteiger partial charge on any atom is -0.493 e. The van der Waals surface area contributed by atoms with Gasteiger partial charge in [0.2, 0.25) is 5.91 Å². The summed E-state index contributed by atoms with van der Waals surface area (Å²) in [7, 11) is 3.21. The van der Waals surface area contributed by atoms with Gasteiger partial charge in [-0.3, -0.25) is 4.79 Å². The first-order valence-electron chi connectivity index (χ1n) is 6.87. The zero-order valence-corrected chi connectivity index (χ0v) is 12.2. The number of hydrogen-bond acceptors (Lipinski definition) is 4. The summed E-state index contributed by atoms with van der Waals surface area (Å²) in [6.45, 7) is 3.46. The number of rotatable bonds is 5. The fourth-order valence-electron chi connectivity index (χ4n) is 2.53. The van der Waals surface area contributed by atoms with Gasteiger partial charge in [-0.05, 0) is 37.6 Å². The molecule has 0 saturated carbocycles. The third-order valence-electron chi connectivity index (χ3n) is 3.78. The molecule has 0 radical (unpaired) electrons. The maximum Gasteiger partial charge on any atom is 0.224 e. The smallest absolute Gasteiger partial charge is 0.224 e. The van der Waals surface area contributed by atoms with E-state index >= 15 is 0 Å². The number of ether oxygens (including phenoxy) is 2. The van der Waals surface area contributed by atoms with E-state index in [4.69, 9.17) is 9.47 Å². The molecule has 2 rings (SSSR count). The fraction of sp³-hybridized carbons (Fsp3) is 0.533. The summed E-state index contributed by atoms with van der Waals surface area (Å²) in [5, 5.41) is 6.27. The molecule has 0 bridgehead atoms. The highest BCUT2D eigenvalue weighted by Crippen LogP contribution is 2.27. The van der Waals surface area contributed by atoms with Crippen molar-refractivity contribution in [3.8, 4) is 11.5 Å². The molecule has 1 aromatic carbocycles. The van der Waals surface area contributed by atoms with Crippen molar-refractivity contribution in [1.82, 2.24) is 10.6 Å². The Labute approximate surface area is 119 Å². The Balaban J connectivity index is 1.95. The molecule has 0 aliphatic carbocycles. The molecule has 1 aliphatic rings. The third-order valence-corrected chi connectivity index (χ3v) is 3.78. The molecule has 1 fully saturated rings. The molecule has 2 N–H and O–H groups in total. The fourth-order valence-corrected chi connectivity index (χ4v) is 2.53. The Hall–Kier alpha value is -1.75. The van der Waals surface area contributed by atoms with Crippen LogP contribution >= 0.6 is 0 Å². The van der Waals surface area contributed by atoms with E-state index in [1.165, 1.54) is 0 Å². The third kappa shape index (κ3) is 3.22. The van der Waals surface area contributed by atoms with Gasteiger partial charge in [0.1, 0.15) is 0 Å². The van der Waals surface area contributed by atoms with Gasteiger partial charge in [-0.25, -0.2) is 0 Å². The van der Waals surface area contributed by atoms with E-state index in [2.05, 4.69) is 10.6 Å². The van der Waals surface area contributed by atoms with Crippen LogP contribution in [0.2, 0.25) is 0 Å². The van der Waals surface area contributed by atoms with E-state index in [1.807, 2.05) is 25.1 Å². The molecule has 2 unspecified atom stereocenters. The first-order chi connectivity index (χ1) is 9.65. The van der Waals surface area contributed by atoms with Crippen LogP contribution < -0.4 is 20.1 Å². The van der Waals surface area contributed by atoms with Gasteiger partial charge in [0, 0.05) is 12.6 Å². The van der Waals surface area contributed by atoms with Crippen molar-refractivity contribution in [2.24, 2.45) is 5.92 Å². The van der Waals surface area contributed by atoms with Crippen LogP contribution in [0.4, 0.5) is 0 Å². The average Bonchev–Trinajstić information content (AvgIpc) is 2.90. The zero-order valence-electron chi connectivity index (χ0n) is 12.2. The zero-order chi connectivity index (χ0) is 14.5. The molecule has 1 saturated heterocycles. The second-order valence-corrected chi connectivity index (χ2v) is 5.05. The summed E-state index contributed by atoms with van der Waals surface area (Å²) >= 11 is 0. The maximum atomic E-state index is 12.1. The maximum absolute atomic E-state index is 12.1. The van der Waals surface area contributed by atoms with Crippen molar-refractivity contribution in [2.45, 2.75) is 25.9 Å². The van der Waals surface area contributed by atoms with E-state index in [0.717, 1.165) is 18.5 Å². The Morgan fingerprint density at radius 2 is 2.10 bits per heavy atom. The Morgan fingerprint density at radius 3 is 2.70 bits per heavy atom. The lowest BCUT2D eigenvalue weighted by atomic mass is 10.0. The molecular formula is C15H22N2O3. The molecule has 0 aromatic heterocycles. The standard InChI is InChI=1S/C15H22N2O3/c1-10-12(6-7-16-10)15(18)17-9-11-4-5-13(19-2)14(8-11)20-3/h4-5,8,10,12,16H,6-7,9H2,1-3H3,(H,17,18). The Kier molecular flexibility index (Phi) is 4.84. The van der Waals surface area contributed by atoms with E-state index in [9.17, 15) is 4.79 Å². The van der Waals surface area contributed by atoms with Crippen LogP contribution in [-0.4, -0.2) is 32.7 Å². The summed E-state index contributed by atoms with van der Waals surface area (Å²) in [5.41, 5.74) is 0.995. The highest BCUT2D eigenvalue weighted by molar-refractivity contribution is 5.79. The van der Waals surface area contributed by atoms with Gasteiger partial charge >= 0.3 is 0 Å². The van der Waals surface area contributed by atoms with E-state index in [1.54, 1.807) is 14.2 Å². The summed E-state index contributed by atoms with van der Waals surface area (Å²) in [5.74, 6) is 1.54. The van der Waals surface area contributed by atoms with Crippen molar-refractivity contribution in [3.63, 3.8) is 0 Å². The predicted molar refractivity (Wildman–Crippen MR) is 77.0 cm³/mol. The molecule has 1 heterocycles. The minimum atomic E-state index is 0.0649. The molecule has 1 amide bonds. The highest BCUT2D eigenvalue weighted by Gasteiger charge is 2.28. The topological polar surface area (TPSA) is 59.6 Å². The number of benzene rings is 1. The molecule has 1 aliphatic heterocycles. The molecule has 0 spiro atoms. The predicted octanol–water partition coefficient (Wildman–Crippen LogP) is 1.32. The largest absolute Gasteiger partial charge is 0.493 e. The van der Waals surface area contributed by atoms with Crippen molar-refractivity contribution in [2.75, 3.05) is 20.8 Å². The molecule has 5 nitrogen and oxygen atoms in total. The van der Waals surface area contributed by atoms with Crippen LogP contribution in [0.25, 0.3) is 0 Å². The van der Waals surface area contributed by atoms with Crippen LogP contribution in [0.15, 0.2) is 18.2 Å². The van der Waals surface area contributed by atoms with Crippen LogP contribution in [-0.2, 0) is 11.3 Å². The van der Waals surface area contributed by atoms with Gasteiger partial charge in [-0.1, -0.05) is 6.07 Å². The second-order valence-electron chi connectivity index (χ2n) is 5.05. The van der Waals surface area contributed by atoms with E-state index < -0.39 is 0 Å². The lowest BCUT2D eigenvalue weighted by Gasteiger charge is -2.15. The van der Waals surface area contributed by atoms with Gasteiger partial charge in [-0.2, -0.15) is 0 Å². The van der Waals surface area contributed by atoms with Crippen LogP contribution in [0.1, 0.15) is 18.9 Å². The van der Waals surface area contributed by atoms with Crippen molar-refractivity contribution < 1.29 is 14.3 Å². The molecule has 1 aromatic rings. The molecular weight excluding hydrogens is 256 g/mol. The summed E-state index contributed by atoms with van der Waals surface area (Å²) in [6, 6.07) is 5.91. The highest BCUT2D eigenvalue weighted by atomic mass is 16.5. The first-order valence-corrected chi connectivity index (χ1v) is 6.87. The van der Waals surface area contributed by atoms with Crippen LogP contribution in [0, 0.1) is 5.92 Å². The SMILES string of the molecule is COc1ccc(CNC(=O)C2CCNC2C)cc1OC. The first kappa shape index (κ1) is 14.7. The summed E-state index contributed by atoms with van der Waals surface area (Å²) < 4.78 is 10.4. The number of carbonyl (C=O) groups is 1. The lowest BCUT2D eigenvalue weighted by molar-refractivity contribution is -0.125. The van der Waals surface area contributed by atoms with Gasteiger partial charge in [-0.15, -0.1) is 0 Å². The summed E-state index contributed by atoms with van der Waals surface area (Å²) in [4.78, 5) is 12.1. The van der Waals surface area contributed by atoms with Crippen LogP contribution in [0.5, 0.6) is 11.5 Å². The monoisotopic (exact) mass is 278 g/mol. The van der Waals surface area contributed by atoms with Gasteiger partial charge in [0.15, 0.2) is 11.5 Å². The van der Waals surface area contributed by atoms with Gasteiger partial charge in [0.05, 0.1) is 20.1 Å². The van der Waals surface area contributed by atoms with Crippen molar-refractivity contribution in [3.05, 3.63) is 23.8 Å². The molecule has 2 atom stereocenters. The van der Waals surface area contributed by atoms with E-state index in [0.29, 0.717) is 18.0 Å².